The Balaban J connectivity index is 1.28. The molecule has 31 heavy (non-hydrogen) atoms. The molecule has 2 aliphatic rings. The van der Waals surface area contributed by atoms with Crippen molar-refractivity contribution >= 4 is 5.91 Å². The predicted octanol–water partition coefficient (Wildman–Crippen LogP) is 4.18. The Morgan fingerprint density at radius 2 is 1.71 bits per heavy atom. The number of nitrogens with one attached hydrogen (secondary N) is 1. The molecule has 0 bridgehead atoms. The van der Waals surface area contributed by atoms with E-state index >= 15 is 0 Å². The Labute approximate surface area is 185 Å². The molecule has 5 heteroatoms. The van der Waals surface area contributed by atoms with Crippen LogP contribution in [0, 0.1) is 11.8 Å². The average Bonchev–Trinajstić information content (AvgIpc) is 2.76. The van der Waals surface area contributed by atoms with E-state index in [1.54, 1.807) is 0 Å². The molecule has 2 aliphatic heterocycles. The molecule has 1 N–H and O–H groups in total. The Hall–Kier alpha value is -2.53. The minimum atomic E-state index is 0.0740. The quantitative estimate of drug-likeness (QED) is 0.727. The smallest absolute Gasteiger partial charge is 0.220 e. The highest BCUT2D eigenvalue weighted by molar-refractivity contribution is 5.76. The summed E-state index contributed by atoms with van der Waals surface area (Å²) in [5.41, 5.74) is 3.62. The monoisotopic (exact) mass is 422 g/mol. The summed E-state index contributed by atoms with van der Waals surface area (Å²) in [6.45, 7) is 9.69. The lowest BCUT2D eigenvalue weighted by atomic mass is 9.91. The third-order valence-electron chi connectivity index (χ3n) is 6.18. The van der Waals surface area contributed by atoms with Crippen LogP contribution in [0.25, 0.3) is 0 Å². The van der Waals surface area contributed by atoms with Crippen molar-refractivity contribution in [1.29, 1.82) is 0 Å². The van der Waals surface area contributed by atoms with Gasteiger partial charge in [-0.1, -0.05) is 44.2 Å². The molecule has 1 fully saturated rings. The first-order chi connectivity index (χ1) is 15.1. The summed E-state index contributed by atoms with van der Waals surface area (Å²) < 4.78 is 11.2. The number of ether oxygens (including phenoxy) is 2. The summed E-state index contributed by atoms with van der Waals surface area (Å²) in [7, 11) is 0. The van der Waals surface area contributed by atoms with Crippen molar-refractivity contribution in [2.45, 2.75) is 46.2 Å². The molecule has 2 atom stereocenters. The first-order valence-corrected chi connectivity index (χ1v) is 11.5. The van der Waals surface area contributed by atoms with Crippen LogP contribution < -0.4 is 14.8 Å². The molecular weight excluding hydrogens is 388 g/mol. The molecule has 0 aromatic heterocycles. The molecule has 2 heterocycles. The SMILES string of the molecule is CC1CC(C)CN(Cc2ccccc2CNC(=O)CCc2ccc3c(c2)OCCO3)C1. The fourth-order valence-corrected chi connectivity index (χ4v) is 4.83. The summed E-state index contributed by atoms with van der Waals surface area (Å²) in [4.78, 5) is 15.0. The van der Waals surface area contributed by atoms with Gasteiger partial charge in [-0.15, -0.1) is 0 Å². The van der Waals surface area contributed by atoms with E-state index < -0.39 is 0 Å². The van der Waals surface area contributed by atoms with Crippen LogP contribution in [0.2, 0.25) is 0 Å². The number of hydrogen-bond acceptors (Lipinski definition) is 4. The van der Waals surface area contributed by atoms with Crippen LogP contribution in [0.1, 0.15) is 43.4 Å². The van der Waals surface area contributed by atoms with E-state index in [0.717, 1.165) is 48.5 Å². The van der Waals surface area contributed by atoms with E-state index in [1.165, 1.54) is 17.5 Å². The molecule has 1 amide bonds. The number of amides is 1. The second-order valence-corrected chi connectivity index (χ2v) is 9.16. The van der Waals surface area contributed by atoms with Crippen molar-refractivity contribution in [3.8, 4) is 11.5 Å². The lowest BCUT2D eigenvalue weighted by Crippen LogP contribution is -2.38. The second kappa shape index (κ2) is 10.2. The largest absolute Gasteiger partial charge is 0.486 e. The molecular formula is C26H34N2O3. The average molecular weight is 423 g/mol. The van der Waals surface area contributed by atoms with Gasteiger partial charge in [-0.2, -0.15) is 0 Å². The fraction of sp³-hybridized carbons (Fsp3) is 0.500. The molecule has 2 aromatic rings. The van der Waals surface area contributed by atoms with Crippen LogP contribution >= 0.6 is 0 Å². The molecule has 5 nitrogen and oxygen atoms in total. The first kappa shape index (κ1) is 21.7. The van der Waals surface area contributed by atoms with Gasteiger partial charge in [0.1, 0.15) is 13.2 Å². The third kappa shape index (κ3) is 6.01. The Morgan fingerprint density at radius 1 is 1.00 bits per heavy atom. The van der Waals surface area contributed by atoms with Gasteiger partial charge in [0.15, 0.2) is 11.5 Å². The van der Waals surface area contributed by atoms with E-state index in [1.807, 2.05) is 18.2 Å². The minimum absolute atomic E-state index is 0.0740. The maximum absolute atomic E-state index is 12.5. The van der Waals surface area contributed by atoms with E-state index in [0.29, 0.717) is 32.6 Å². The number of rotatable bonds is 7. The highest BCUT2D eigenvalue weighted by Gasteiger charge is 2.22. The number of fused-ring (bicyclic) bond motifs is 1. The standard InChI is InChI=1S/C26H34N2O3/c1-19-13-20(2)17-28(16-19)18-23-6-4-3-5-22(23)15-27-26(29)10-8-21-7-9-24-25(14-21)31-12-11-30-24/h3-7,9,14,19-20H,8,10-13,15-18H2,1-2H3,(H,27,29). The molecule has 166 valence electrons. The van der Waals surface area contributed by atoms with E-state index in [4.69, 9.17) is 9.47 Å². The summed E-state index contributed by atoms with van der Waals surface area (Å²) in [5.74, 6) is 3.13. The van der Waals surface area contributed by atoms with Crippen LogP contribution in [0.5, 0.6) is 11.5 Å². The highest BCUT2D eigenvalue weighted by atomic mass is 16.6. The van der Waals surface area contributed by atoms with Crippen LogP contribution in [0.3, 0.4) is 0 Å². The molecule has 1 saturated heterocycles. The van der Waals surface area contributed by atoms with E-state index in [-0.39, 0.29) is 5.91 Å². The van der Waals surface area contributed by atoms with Gasteiger partial charge in [0.05, 0.1) is 0 Å². The topological polar surface area (TPSA) is 50.8 Å². The van der Waals surface area contributed by atoms with Crippen molar-refractivity contribution < 1.29 is 14.3 Å². The van der Waals surface area contributed by atoms with Gasteiger partial charge in [-0.25, -0.2) is 0 Å². The first-order valence-electron chi connectivity index (χ1n) is 11.5. The normalized spacial score (nSPS) is 21.0. The van der Waals surface area contributed by atoms with Crippen LogP contribution in [0.15, 0.2) is 42.5 Å². The zero-order valence-electron chi connectivity index (χ0n) is 18.7. The maximum Gasteiger partial charge on any atom is 0.220 e. The number of nitrogens with zero attached hydrogens (tertiary/aromatic N) is 1. The van der Waals surface area contributed by atoms with Gasteiger partial charge >= 0.3 is 0 Å². The number of likely N-dealkylation sites (tertiary alicyclic amines) is 1. The highest BCUT2D eigenvalue weighted by Crippen LogP contribution is 2.31. The number of piperidine rings is 1. The van der Waals surface area contributed by atoms with Gasteiger partial charge in [0.2, 0.25) is 5.91 Å². The van der Waals surface area contributed by atoms with E-state index in [9.17, 15) is 4.79 Å². The van der Waals surface area contributed by atoms with Crippen molar-refractivity contribution in [2.24, 2.45) is 11.8 Å². The van der Waals surface area contributed by atoms with Crippen molar-refractivity contribution in [3.05, 3.63) is 59.2 Å². The number of carbonyl (C=O) groups excluding carboxylic acids is 1. The molecule has 4 rings (SSSR count). The summed E-state index contributed by atoms with van der Waals surface area (Å²) >= 11 is 0. The molecule has 0 saturated carbocycles. The van der Waals surface area contributed by atoms with Crippen LogP contribution in [-0.4, -0.2) is 37.1 Å². The number of benzene rings is 2. The predicted molar refractivity (Wildman–Crippen MR) is 122 cm³/mol. The number of carbonyl (C=O) groups is 1. The zero-order chi connectivity index (χ0) is 21.6. The molecule has 0 aliphatic carbocycles. The van der Waals surface area contributed by atoms with Crippen LogP contribution in [-0.2, 0) is 24.3 Å². The zero-order valence-corrected chi connectivity index (χ0v) is 18.7. The van der Waals surface area contributed by atoms with Crippen molar-refractivity contribution in [2.75, 3.05) is 26.3 Å². The minimum Gasteiger partial charge on any atom is -0.486 e. The Kier molecular flexibility index (Phi) is 7.13. The van der Waals surface area contributed by atoms with Crippen LogP contribution in [0.4, 0.5) is 0 Å². The second-order valence-electron chi connectivity index (χ2n) is 9.16. The molecule has 2 aromatic carbocycles. The summed E-state index contributed by atoms with van der Waals surface area (Å²) in [6, 6.07) is 14.4. The van der Waals surface area contributed by atoms with Crippen molar-refractivity contribution in [3.63, 3.8) is 0 Å². The molecule has 0 radical (unpaired) electrons. The summed E-state index contributed by atoms with van der Waals surface area (Å²) in [6.07, 6.45) is 2.47. The lowest BCUT2D eigenvalue weighted by Gasteiger charge is -2.35. The van der Waals surface area contributed by atoms with Gasteiger partial charge in [-0.05, 0) is 53.5 Å². The summed E-state index contributed by atoms with van der Waals surface area (Å²) in [5, 5.41) is 3.11. The number of aryl methyl sites for hydroxylation is 1. The van der Waals surface area contributed by atoms with E-state index in [2.05, 4.69) is 48.3 Å². The molecule has 0 spiro atoms. The fourth-order valence-electron chi connectivity index (χ4n) is 4.83. The molecule has 2 unspecified atom stereocenters. The third-order valence-corrected chi connectivity index (χ3v) is 6.18. The van der Waals surface area contributed by atoms with Gasteiger partial charge in [0.25, 0.3) is 0 Å². The van der Waals surface area contributed by atoms with Gasteiger partial charge < -0.3 is 14.8 Å². The Bertz CT molecular complexity index is 888. The maximum atomic E-state index is 12.5. The van der Waals surface area contributed by atoms with Gasteiger partial charge in [-0.3, -0.25) is 9.69 Å². The lowest BCUT2D eigenvalue weighted by molar-refractivity contribution is -0.121. The van der Waals surface area contributed by atoms with Gasteiger partial charge in [0, 0.05) is 32.6 Å². The van der Waals surface area contributed by atoms with Crippen molar-refractivity contribution in [1.82, 2.24) is 10.2 Å². The Morgan fingerprint density at radius 3 is 2.48 bits per heavy atom. The number of hydrogen-bond donors (Lipinski definition) is 1.